The molecule has 2 amide bonds. The summed E-state index contributed by atoms with van der Waals surface area (Å²) in [5.74, 6) is 0.854. The minimum Gasteiger partial charge on any atom is -0.445 e. The normalized spacial score (nSPS) is 13.7. The van der Waals surface area contributed by atoms with E-state index in [0.29, 0.717) is 31.3 Å². The third kappa shape index (κ3) is 7.17. The molecule has 3 aromatic rings. The van der Waals surface area contributed by atoms with E-state index in [4.69, 9.17) is 15.2 Å². The molecule has 0 radical (unpaired) electrons. The molecule has 1 atom stereocenters. The first-order valence-electron chi connectivity index (χ1n) is 12.3. The van der Waals surface area contributed by atoms with Gasteiger partial charge in [0.25, 0.3) is 0 Å². The van der Waals surface area contributed by atoms with Crippen LogP contribution in [0.5, 0.6) is 0 Å². The number of carbonyl (C=O) groups excluding carboxylic acids is 2. The molecule has 2 heterocycles. The van der Waals surface area contributed by atoms with Crippen LogP contribution in [0.15, 0.2) is 54.6 Å². The summed E-state index contributed by atoms with van der Waals surface area (Å²) >= 11 is 0. The van der Waals surface area contributed by atoms with Gasteiger partial charge < -0.3 is 25.1 Å². The maximum absolute atomic E-state index is 12.7. The Morgan fingerprint density at radius 1 is 1.05 bits per heavy atom. The standard InChI is InChI=1S/C27H34N6O4.CH4/c1-19-9-7-8-12-21(19)17-37-26(35)32-13-14-33-23(15-32)30-31-24(33)22(29-25(34)27(2,3)28)18-36-16-20-10-5-4-6-11-20;/h4-12,22H,13-18,28H2,1-3H3,(H,29,34);1H4/t22-;/m1./s1. The van der Waals surface area contributed by atoms with Crippen molar-refractivity contribution in [1.29, 1.82) is 0 Å². The van der Waals surface area contributed by atoms with Crippen LogP contribution in [-0.2, 0) is 40.6 Å². The maximum Gasteiger partial charge on any atom is 0.410 e. The summed E-state index contributed by atoms with van der Waals surface area (Å²) in [5.41, 5.74) is 8.01. The van der Waals surface area contributed by atoms with Gasteiger partial charge in [0.1, 0.15) is 12.6 Å². The first-order valence-corrected chi connectivity index (χ1v) is 12.3. The topological polar surface area (TPSA) is 125 Å². The van der Waals surface area contributed by atoms with E-state index >= 15 is 0 Å². The molecule has 0 aliphatic carbocycles. The van der Waals surface area contributed by atoms with E-state index in [0.717, 1.165) is 16.7 Å². The Balaban J connectivity index is 0.00000400. The fourth-order valence-corrected chi connectivity index (χ4v) is 3.99. The van der Waals surface area contributed by atoms with Crippen molar-refractivity contribution in [2.75, 3.05) is 13.2 Å². The average molecular weight is 523 g/mol. The molecule has 0 bridgehead atoms. The molecular formula is C28H38N6O4. The van der Waals surface area contributed by atoms with Crippen molar-refractivity contribution >= 4 is 12.0 Å². The lowest BCUT2D eigenvalue weighted by Gasteiger charge is -2.29. The summed E-state index contributed by atoms with van der Waals surface area (Å²) in [6.07, 6.45) is -0.403. The van der Waals surface area contributed by atoms with Crippen LogP contribution < -0.4 is 11.1 Å². The fraction of sp³-hybridized carbons (Fsp3) is 0.429. The number of nitrogens with two attached hydrogens (primary N) is 1. The summed E-state index contributed by atoms with van der Waals surface area (Å²) in [6, 6.07) is 17.0. The van der Waals surface area contributed by atoms with E-state index in [2.05, 4.69) is 15.5 Å². The zero-order valence-electron chi connectivity index (χ0n) is 21.5. The zero-order valence-corrected chi connectivity index (χ0v) is 21.5. The van der Waals surface area contributed by atoms with Gasteiger partial charge in [-0.15, -0.1) is 10.2 Å². The lowest BCUT2D eigenvalue weighted by Crippen LogP contribution is -2.51. The molecule has 1 aliphatic heterocycles. The molecule has 0 saturated carbocycles. The highest BCUT2D eigenvalue weighted by Gasteiger charge is 2.31. The van der Waals surface area contributed by atoms with Crippen molar-refractivity contribution in [1.82, 2.24) is 25.0 Å². The van der Waals surface area contributed by atoms with Crippen molar-refractivity contribution in [3.8, 4) is 0 Å². The van der Waals surface area contributed by atoms with E-state index in [1.165, 1.54) is 0 Å². The molecule has 204 valence electrons. The number of nitrogens with zero attached hydrogens (tertiary/aromatic N) is 4. The van der Waals surface area contributed by atoms with Crippen molar-refractivity contribution in [3.63, 3.8) is 0 Å². The van der Waals surface area contributed by atoms with E-state index < -0.39 is 17.7 Å². The Kier molecular flexibility index (Phi) is 9.60. The Morgan fingerprint density at radius 2 is 1.76 bits per heavy atom. The summed E-state index contributed by atoms with van der Waals surface area (Å²) in [5, 5.41) is 11.6. The summed E-state index contributed by atoms with van der Waals surface area (Å²) in [7, 11) is 0. The smallest absolute Gasteiger partial charge is 0.410 e. The lowest BCUT2D eigenvalue weighted by atomic mass is 10.1. The van der Waals surface area contributed by atoms with E-state index in [9.17, 15) is 9.59 Å². The van der Waals surface area contributed by atoms with Gasteiger partial charge in [0.2, 0.25) is 5.91 Å². The highest BCUT2D eigenvalue weighted by Crippen LogP contribution is 2.20. The molecule has 1 aliphatic rings. The maximum atomic E-state index is 12.7. The number of fused-ring (bicyclic) bond motifs is 1. The summed E-state index contributed by atoms with van der Waals surface area (Å²) in [4.78, 5) is 27.0. The van der Waals surface area contributed by atoms with Crippen LogP contribution >= 0.6 is 0 Å². The third-order valence-electron chi connectivity index (χ3n) is 6.25. The van der Waals surface area contributed by atoms with Crippen LogP contribution in [0.25, 0.3) is 0 Å². The molecule has 3 N–H and O–H groups in total. The van der Waals surface area contributed by atoms with Gasteiger partial charge in [-0.05, 0) is 37.5 Å². The zero-order chi connectivity index (χ0) is 26.4. The number of carbonyl (C=O) groups is 2. The number of aryl methyl sites for hydroxylation is 1. The summed E-state index contributed by atoms with van der Waals surface area (Å²) in [6.45, 7) is 7.21. The van der Waals surface area contributed by atoms with Crippen LogP contribution in [-0.4, -0.2) is 50.4 Å². The van der Waals surface area contributed by atoms with Gasteiger partial charge in [0, 0.05) is 13.1 Å². The highest BCUT2D eigenvalue weighted by atomic mass is 16.6. The van der Waals surface area contributed by atoms with Crippen LogP contribution in [0.4, 0.5) is 4.79 Å². The average Bonchev–Trinajstić information content (AvgIpc) is 3.30. The first kappa shape index (κ1) is 28.8. The molecule has 1 aromatic heterocycles. The van der Waals surface area contributed by atoms with E-state index in [1.54, 1.807) is 18.7 Å². The predicted octanol–water partition coefficient (Wildman–Crippen LogP) is 3.49. The lowest BCUT2D eigenvalue weighted by molar-refractivity contribution is -0.126. The van der Waals surface area contributed by atoms with Gasteiger partial charge in [-0.25, -0.2) is 4.79 Å². The number of hydrogen-bond donors (Lipinski definition) is 2. The van der Waals surface area contributed by atoms with Crippen LogP contribution in [0, 0.1) is 6.92 Å². The summed E-state index contributed by atoms with van der Waals surface area (Å²) < 4.78 is 13.4. The number of rotatable bonds is 9. The van der Waals surface area contributed by atoms with Gasteiger partial charge in [0.05, 0.1) is 25.3 Å². The number of hydrogen-bond acceptors (Lipinski definition) is 7. The molecule has 0 saturated heterocycles. The van der Waals surface area contributed by atoms with Crippen LogP contribution in [0.3, 0.4) is 0 Å². The van der Waals surface area contributed by atoms with E-state index in [1.807, 2.05) is 66.1 Å². The Morgan fingerprint density at radius 3 is 2.47 bits per heavy atom. The van der Waals surface area contributed by atoms with Crippen molar-refractivity contribution in [2.45, 2.75) is 66.1 Å². The molecular weight excluding hydrogens is 484 g/mol. The molecule has 0 fully saturated rings. The second-order valence-corrected chi connectivity index (χ2v) is 9.78. The third-order valence-corrected chi connectivity index (χ3v) is 6.25. The minimum absolute atomic E-state index is 0. The van der Waals surface area contributed by atoms with E-state index in [-0.39, 0.29) is 33.1 Å². The van der Waals surface area contributed by atoms with Crippen molar-refractivity contribution in [2.24, 2.45) is 5.73 Å². The van der Waals surface area contributed by atoms with Crippen LogP contribution in [0.1, 0.15) is 55.7 Å². The van der Waals surface area contributed by atoms with Gasteiger partial charge in [0.15, 0.2) is 11.6 Å². The van der Waals surface area contributed by atoms with Gasteiger partial charge >= 0.3 is 6.09 Å². The largest absolute Gasteiger partial charge is 0.445 e. The highest BCUT2D eigenvalue weighted by molar-refractivity contribution is 5.85. The van der Waals surface area contributed by atoms with Gasteiger partial charge in [-0.2, -0.15) is 0 Å². The molecule has 38 heavy (non-hydrogen) atoms. The first-order chi connectivity index (χ1) is 17.7. The Bertz CT molecular complexity index is 1220. The predicted molar refractivity (Wildman–Crippen MR) is 144 cm³/mol. The van der Waals surface area contributed by atoms with Crippen molar-refractivity contribution in [3.05, 3.63) is 82.9 Å². The number of ether oxygens (including phenoxy) is 2. The monoisotopic (exact) mass is 522 g/mol. The van der Waals surface area contributed by atoms with Crippen LogP contribution in [0.2, 0.25) is 0 Å². The van der Waals surface area contributed by atoms with Gasteiger partial charge in [-0.1, -0.05) is 62.0 Å². The molecule has 0 spiro atoms. The number of amides is 2. The SMILES string of the molecule is C.Cc1ccccc1COC(=O)N1CCn2c(nnc2[C@@H](COCc2ccccc2)NC(=O)C(C)(C)N)C1. The molecule has 2 aromatic carbocycles. The Hall–Kier alpha value is -3.76. The van der Waals surface area contributed by atoms with Crippen molar-refractivity contribution < 1.29 is 19.1 Å². The fourth-order valence-electron chi connectivity index (χ4n) is 3.99. The number of benzene rings is 2. The minimum atomic E-state index is -1.07. The molecule has 4 rings (SSSR count). The Labute approximate surface area is 224 Å². The molecule has 10 heteroatoms. The number of aromatic nitrogens is 3. The van der Waals surface area contributed by atoms with Gasteiger partial charge in [-0.3, -0.25) is 9.69 Å². The second kappa shape index (κ2) is 12.7. The molecule has 10 nitrogen and oxygen atoms in total. The number of nitrogens with one attached hydrogen (secondary N) is 1. The molecule has 0 unspecified atom stereocenters. The quantitative estimate of drug-likeness (QED) is 0.441. The second-order valence-electron chi connectivity index (χ2n) is 9.78.